The molecule has 0 saturated carbocycles. The van der Waals surface area contributed by atoms with Crippen LogP contribution in [0.25, 0.3) is 33.4 Å². The van der Waals surface area contributed by atoms with Crippen molar-refractivity contribution in [3.63, 3.8) is 0 Å². The normalized spacial score (nSPS) is 20.0. The van der Waals surface area contributed by atoms with Crippen molar-refractivity contribution in [2.24, 2.45) is 5.41 Å². The number of esters is 1. The smallest absolute Gasteiger partial charge is 0.317 e. The molecule has 1 saturated heterocycles. The molecule has 1 fully saturated rings. The number of thiazole rings is 1. The van der Waals surface area contributed by atoms with Crippen LogP contribution in [0.5, 0.6) is 0 Å². The van der Waals surface area contributed by atoms with Crippen molar-refractivity contribution in [3.05, 3.63) is 58.2 Å². The third-order valence-electron chi connectivity index (χ3n) is 10.1. The summed E-state index contributed by atoms with van der Waals surface area (Å²) >= 11 is 1.48. The lowest BCUT2D eigenvalue weighted by atomic mass is 9.84. The number of benzene rings is 1. The van der Waals surface area contributed by atoms with Gasteiger partial charge >= 0.3 is 12.0 Å². The van der Waals surface area contributed by atoms with Crippen molar-refractivity contribution in [1.82, 2.24) is 34.9 Å². The van der Waals surface area contributed by atoms with Gasteiger partial charge in [0.25, 0.3) is 5.91 Å². The SMILES string of the molecule is CCCN(C)C(=O)N[C@H]1Cc2nc(cs2)-c2ccc3c(c2)c(c(-c2cccnc2[C@H](C)OC)n3CC)CC(C)(C)COC(=O)[C@@H]2CCCN(N[Si]2)C1=O. The zero-order chi connectivity index (χ0) is 37.9. The molecular formula is C39H51N7O5SSi. The Balaban J connectivity index is 1.49. The predicted octanol–water partition coefficient (Wildman–Crippen LogP) is 6.18. The highest BCUT2D eigenvalue weighted by Crippen LogP contribution is 2.42. The van der Waals surface area contributed by atoms with Gasteiger partial charge in [0.1, 0.15) is 6.04 Å². The summed E-state index contributed by atoms with van der Waals surface area (Å²) in [6.45, 7) is 12.4. The van der Waals surface area contributed by atoms with Gasteiger partial charge in [0, 0.05) is 79.2 Å². The van der Waals surface area contributed by atoms with E-state index in [0.717, 1.165) is 62.6 Å². The molecule has 4 aromatic rings. The van der Waals surface area contributed by atoms with Gasteiger partial charge in [-0.05, 0) is 69.4 Å². The number of hydrogen-bond donors (Lipinski definition) is 2. The highest BCUT2D eigenvalue weighted by Gasteiger charge is 2.34. The quantitative estimate of drug-likeness (QED) is 0.169. The van der Waals surface area contributed by atoms with Crippen LogP contribution < -0.4 is 10.4 Å². The molecule has 3 amide bonds. The van der Waals surface area contributed by atoms with Gasteiger partial charge in [0.2, 0.25) is 0 Å². The number of fused-ring (bicyclic) bond motifs is 7. The fourth-order valence-electron chi connectivity index (χ4n) is 7.22. The zero-order valence-electron chi connectivity index (χ0n) is 31.8. The molecule has 6 bridgehead atoms. The Morgan fingerprint density at radius 3 is 2.83 bits per heavy atom. The number of methoxy groups -OCH3 is 1. The molecule has 282 valence electrons. The topological polar surface area (TPSA) is 131 Å². The summed E-state index contributed by atoms with van der Waals surface area (Å²) in [5.74, 6) is -0.517. The van der Waals surface area contributed by atoms with E-state index in [1.807, 2.05) is 25.3 Å². The molecule has 0 aliphatic carbocycles. The standard InChI is InChI=1S/C39H51N7O5SSi/c1-8-17-44(6)38(49)42-29-20-33-41-30(22-52-33)25-14-15-31-27(19-25)28(35(45(31)9-2)26-12-10-16-40-34(26)24(3)50-7)21-39(4,5)23-51-37(48)32-13-11-18-46(36(29)47)43-53-32/h10,12,14-16,19,22,24,29,32,43H,8-9,11,13,17-18,20-21,23H2,1-7H3,(H,42,49)/t24-,29-,32-/m0/s1. The Morgan fingerprint density at radius 2 is 2.08 bits per heavy atom. The molecule has 0 unspecified atom stereocenters. The molecule has 2 aliphatic heterocycles. The van der Waals surface area contributed by atoms with Gasteiger partial charge in [-0.15, -0.1) is 11.3 Å². The van der Waals surface area contributed by atoms with E-state index in [1.54, 1.807) is 30.3 Å². The molecule has 0 spiro atoms. The number of carbonyl (C=O) groups is 3. The van der Waals surface area contributed by atoms with E-state index in [-0.39, 0.29) is 52.3 Å². The monoisotopic (exact) mass is 757 g/mol. The average Bonchev–Trinajstić information content (AvgIpc) is 3.64. The Labute approximate surface area is 318 Å². The Kier molecular flexibility index (Phi) is 12.0. The number of pyridine rings is 1. The first-order valence-electron chi connectivity index (χ1n) is 18.5. The Morgan fingerprint density at radius 1 is 1.26 bits per heavy atom. The van der Waals surface area contributed by atoms with E-state index in [4.69, 9.17) is 19.4 Å². The maximum Gasteiger partial charge on any atom is 0.317 e. The van der Waals surface area contributed by atoms with Gasteiger partial charge in [0.05, 0.1) is 40.3 Å². The molecule has 2 aliphatic rings. The summed E-state index contributed by atoms with van der Waals surface area (Å²) in [7, 11) is 3.39. The molecule has 3 aromatic heterocycles. The Hall–Kier alpha value is -4.11. The number of cyclic esters (lactones) is 1. The summed E-state index contributed by atoms with van der Waals surface area (Å²) in [4.78, 5) is 52.3. The summed E-state index contributed by atoms with van der Waals surface area (Å²) in [5, 5.41) is 11.7. The summed E-state index contributed by atoms with van der Waals surface area (Å²) in [5.41, 5.74) is 6.15. The van der Waals surface area contributed by atoms with E-state index in [1.165, 1.54) is 11.3 Å². The summed E-state index contributed by atoms with van der Waals surface area (Å²) in [6, 6.07) is 9.38. The average molecular weight is 758 g/mol. The minimum Gasteiger partial charge on any atom is -0.465 e. The Bertz CT molecular complexity index is 1960. The van der Waals surface area contributed by atoms with Crippen LogP contribution in [0.15, 0.2) is 41.9 Å². The van der Waals surface area contributed by atoms with Crippen molar-refractivity contribution >= 4 is 49.8 Å². The van der Waals surface area contributed by atoms with Crippen molar-refractivity contribution in [1.29, 1.82) is 0 Å². The van der Waals surface area contributed by atoms with Crippen molar-refractivity contribution in [3.8, 4) is 22.5 Å². The highest BCUT2D eigenvalue weighted by molar-refractivity contribution is 7.10. The lowest BCUT2D eigenvalue weighted by Gasteiger charge is -2.28. The predicted molar refractivity (Wildman–Crippen MR) is 208 cm³/mol. The summed E-state index contributed by atoms with van der Waals surface area (Å²) in [6.07, 6.45) is 4.48. The van der Waals surface area contributed by atoms with E-state index in [9.17, 15) is 14.4 Å². The van der Waals surface area contributed by atoms with Gasteiger partial charge in [-0.3, -0.25) is 24.7 Å². The number of urea groups is 1. The van der Waals surface area contributed by atoms with Crippen LogP contribution >= 0.6 is 11.3 Å². The largest absolute Gasteiger partial charge is 0.465 e. The van der Waals surface area contributed by atoms with Crippen LogP contribution in [0.3, 0.4) is 0 Å². The lowest BCUT2D eigenvalue weighted by molar-refractivity contribution is -0.146. The first kappa shape index (κ1) is 38.6. The van der Waals surface area contributed by atoms with Crippen molar-refractivity contribution in [2.45, 2.75) is 91.0 Å². The molecular weight excluding hydrogens is 707 g/mol. The fraction of sp³-hybridized carbons (Fsp3) is 0.513. The molecule has 3 atom stereocenters. The molecule has 1 aromatic carbocycles. The van der Waals surface area contributed by atoms with Crippen LogP contribution in [0.1, 0.15) is 76.3 Å². The maximum atomic E-state index is 14.1. The van der Waals surface area contributed by atoms with E-state index >= 15 is 0 Å². The number of hydrogen-bond acceptors (Lipinski definition) is 9. The fourth-order valence-corrected chi connectivity index (χ4v) is 9.16. The second-order valence-electron chi connectivity index (χ2n) is 14.8. The third kappa shape index (κ3) is 8.35. The number of nitrogens with one attached hydrogen (secondary N) is 2. The molecule has 2 N–H and O–H groups in total. The molecule has 12 nitrogen and oxygen atoms in total. The molecule has 6 rings (SSSR count). The van der Waals surface area contributed by atoms with Gasteiger partial charge < -0.3 is 24.3 Å². The van der Waals surface area contributed by atoms with Gasteiger partial charge in [-0.2, -0.15) is 0 Å². The van der Waals surface area contributed by atoms with E-state index < -0.39 is 11.5 Å². The second-order valence-corrected chi connectivity index (χ2v) is 16.9. The van der Waals surface area contributed by atoms with Gasteiger partial charge in [-0.25, -0.2) is 9.78 Å². The number of rotatable bonds is 7. The van der Waals surface area contributed by atoms with E-state index in [2.05, 4.69) is 60.0 Å². The molecule has 5 heterocycles. The minimum absolute atomic E-state index is 0.0430. The lowest BCUT2D eigenvalue weighted by Crippen LogP contribution is -2.56. The molecule has 2 radical (unpaired) electrons. The first-order valence-corrected chi connectivity index (χ1v) is 20.5. The maximum absolute atomic E-state index is 14.1. The number of aryl methyl sites for hydroxylation is 1. The number of nitrogens with zero attached hydrogens (tertiary/aromatic N) is 5. The third-order valence-corrected chi connectivity index (χ3v) is 12.2. The number of aromatic nitrogens is 3. The van der Waals surface area contributed by atoms with Crippen LogP contribution in [0.2, 0.25) is 5.54 Å². The number of ether oxygens (including phenoxy) is 2. The van der Waals surface area contributed by atoms with Crippen molar-refractivity contribution in [2.75, 3.05) is 33.9 Å². The van der Waals surface area contributed by atoms with Gasteiger partial charge in [0.15, 0.2) is 9.68 Å². The van der Waals surface area contributed by atoms with E-state index in [0.29, 0.717) is 32.4 Å². The number of carbonyl (C=O) groups excluding carboxylic acids is 3. The van der Waals surface area contributed by atoms with Crippen LogP contribution in [0, 0.1) is 5.41 Å². The first-order chi connectivity index (χ1) is 25.4. The zero-order valence-corrected chi connectivity index (χ0v) is 33.6. The van der Waals surface area contributed by atoms with Crippen LogP contribution in [-0.2, 0) is 38.4 Å². The van der Waals surface area contributed by atoms with Crippen molar-refractivity contribution < 1.29 is 23.9 Å². The number of amides is 3. The molecule has 53 heavy (non-hydrogen) atoms. The second kappa shape index (κ2) is 16.5. The minimum atomic E-state index is -0.845. The summed E-state index contributed by atoms with van der Waals surface area (Å²) < 4.78 is 14.2. The number of hydrazine groups is 1. The van der Waals surface area contributed by atoms with Gasteiger partial charge in [-0.1, -0.05) is 26.8 Å². The molecule has 14 heteroatoms. The van der Waals surface area contributed by atoms with Crippen LogP contribution in [-0.4, -0.2) is 91.9 Å². The van der Waals surface area contributed by atoms with Crippen LogP contribution in [0.4, 0.5) is 4.79 Å². The highest BCUT2D eigenvalue weighted by atomic mass is 32.1.